The fourth-order valence-electron chi connectivity index (χ4n) is 4.74. The molecular formula is C19H30N4O2. The van der Waals surface area contributed by atoms with Crippen molar-refractivity contribution in [1.82, 2.24) is 20.2 Å². The Morgan fingerprint density at radius 2 is 2.00 bits per heavy atom. The van der Waals surface area contributed by atoms with Gasteiger partial charge in [-0.05, 0) is 57.5 Å². The number of nitrogens with zero attached hydrogens (tertiary/aromatic N) is 2. The first kappa shape index (κ1) is 17.0. The van der Waals surface area contributed by atoms with Crippen LogP contribution in [0.3, 0.4) is 0 Å². The predicted octanol–water partition coefficient (Wildman–Crippen LogP) is 1.91. The Hall–Kier alpha value is -1.40. The number of H-pyrrole nitrogens is 1. The summed E-state index contributed by atoms with van der Waals surface area (Å²) in [5.41, 5.74) is 1.21. The molecule has 3 fully saturated rings. The van der Waals surface area contributed by atoms with E-state index in [0.29, 0.717) is 17.7 Å². The molecule has 0 saturated carbocycles. The van der Waals surface area contributed by atoms with Gasteiger partial charge in [0.25, 0.3) is 0 Å². The number of ether oxygens (including phenoxy) is 1. The van der Waals surface area contributed by atoms with E-state index in [9.17, 15) is 4.79 Å². The number of hydrogen-bond acceptors (Lipinski definition) is 4. The van der Waals surface area contributed by atoms with Crippen molar-refractivity contribution in [3.8, 4) is 0 Å². The summed E-state index contributed by atoms with van der Waals surface area (Å²) in [6, 6.07) is 0. The molecule has 4 rings (SSSR count). The zero-order valence-electron chi connectivity index (χ0n) is 15.0. The molecule has 0 bridgehead atoms. The molecule has 1 aromatic heterocycles. The molecule has 3 aliphatic rings. The van der Waals surface area contributed by atoms with Crippen LogP contribution in [-0.4, -0.2) is 59.7 Å². The second-order valence-corrected chi connectivity index (χ2v) is 7.84. The van der Waals surface area contributed by atoms with Crippen LogP contribution in [0.15, 0.2) is 12.5 Å². The second kappa shape index (κ2) is 7.87. The fourth-order valence-corrected chi connectivity index (χ4v) is 4.74. The molecule has 0 aromatic carbocycles. The maximum absolute atomic E-state index is 13.1. The van der Waals surface area contributed by atoms with E-state index in [-0.39, 0.29) is 12.0 Å². The second-order valence-electron chi connectivity index (χ2n) is 7.84. The van der Waals surface area contributed by atoms with Gasteiger partial charge in [-0.3, -0.25) is 4.79 Å². The van der Waals surface area contributed by atoms with Crippen LogP contribution in [0.25, 0.3) is 0 Å². The van der Waals surface area contributed by atoms with E-state index in [1.807, 2.05) is 6.20 Å². The van der Waals surface area contributed by atoms with Gasteiger partial charge in [0, 0.05) is 37.5 Å². The topological polar surface area (TPSA) is 70.2 Å². The molecule has 1 aromatic rings. The zero-order chi connectivity index (χ0) is 17.1. The SMILES string of the molecule is O=C([C@@H]1CCO[C@@H]1CC1CCNCC1)N1CCC(c2cnc[nH]2)CC1. The van der Waals surface area contributed by atoms with E-state index in [1.54, 1.807) is 6.33 Å². The monoisotopic (exact) mass is 346 g/mol. The van der Waals surface area contributed by atoms with Crippen LogP contribution >= 0.6 is 0 Å². The number of likely N-dealkylation sites (tertiary alicyclic amines) is 1. The van der Waals surface area contributed by atoms with E-state index >= 15 is 0 Å². The first-order valence-electron chi connectivity index (χ1n) is 9.90. The van der Waals surface area contributed by atoms with Gasteiger partial charge in [0.2, 0.25) is 5.91 Å². The van der Waals surface area contributed by atoms with E-state index in [2.05, 4.69) is 20.2 Å². The minimum Gasteiger partial charge on any atom is -0.377 e. The van der Waals surface area contributed by atoms with Gasteiger partial charge in [0.05, 0.1) is 18.3 Å². The lowest BCUT2D eigenvalue weighted by Gasteiger charge is -2.34. The summed E-state index contributed by atoms with van der Waals surface area (Å²) in [7, 11) is 0. The summed E-state index contributed by atoms with van der Waals surface area (Å²) in [4.78, 5) is 22.5. The largest absolute Gasteiger partial charge is 0.377 e. The highest BCUT2D eigenvalue weighted by atomic mass is 16.5. The number of rotatable bonds is 4. The van der Waals surface area contributed by atoms with Crippen molar-refractivity contribution < 1.29 is 9.53 Å². The summed E-state index contributed by atoms with van der Waals surface area (Å²) in [5.74, 6) is 1.64. The molecule has 1 amide bonds. The molecule has 4 heterocycles. The normalized spacial score (nSPS) is 29.2. The fraction of sp³-hybridized carbons (Fsp3) is 0.789. The Labute approximate surface area is 149 Å². The molecule has 0 spiro atoms. The Morgan fingerprint density at radius 1 is 1.20 bits per heavy atom. The highest BCUT2D eigenvalue weighted by Gasteiger charge is 2.38. The molecule has 6 nitrogen and oxygen atoms in total. The molecule has 3 aliphatic heterocycles. The molecular weight excluding hydrogens is 316 g/mol. The molecule has 0 aliphatic carbocycles. The summed E-state index contributed by atoms with van der Waals surface area (Å²) in [6.45, 7) is 4.68. The third-order valence-corrected chi connectivity index (χ3v) is 6.32. The van der Waals surface area contributed by atoms with Crippen LogP contribution in [0, 0.1) is 11.8 Å². The van der Waals surface area contributed by atoms with Gasteiger partial charge >= 0.3 is 0 Å². The van der Waals surface area contributed by atoms with Crippen LogP contribution in [0.1, 0.15) is 50.1 Å². The highest BCUT2D eigenvalue weighted by molar-refractivity contribution is 5.79. The van der Waals surface area contributed by atoms with Crippen molar-refractivity contribution in [3.63, 3.8) is 0 Å². The lowest BCUT2D eigenvalue weighted by molar-refractivity contribution is -0.138. The number of nitrogens with one attached hydrogen (secondary N) is 2. The Morgan fingerprint density at radius 3 is 2.72 bits per heavy atom. The lowest BCUT2D eigenvalue weighted by atomic mass is 9.86. The quantitative estimate of drug-likeness (QED) is 0.874. The van der Waals surface area contributed by atoms with Gasteiger partial charge in [0.1, 0.15) is 0 Å². The van der Waals surface area contributed by atoms with Gasteiger partial charge < -0.3 is 19.9 Å². The number of carbonyl (C=O) groups is 1. The van der Waals surface area contributed by atoms with Gasteiger partial charge in [-0.2, -0.15) is 0 Å². The molecule has 25 heavy (non-hydrogen) atoms. The predicted molar refractivity (Wildman–Crippen MR) is 95.2 cm³/mol. The van der Waals surface area contributed by atoms with E-state index in [1.165, 1.54) is 18.5 Å². The van der Waals surface area contributed by atoms with E-state index < -0.39 is 0 Å². The smallest absolute Gasteiger partial charge is 0.228 e. The number of aromatic amines is 1. The van der Waals surface area contributed by atoms with Crippen LogP contribution in [0.2, 0.25) is 0 Å². The molecule has 3 saturated heterocycles. The standard InChI is InChI=1S/C19H30N4O2/c24-19(23-8-3-15(4-9-23)17-12-21-13-22-17)16-5-10-25-18(16)11-14-1-6-20-7-2-14/h12-16,18,20H,1-11H2,(H,21,22)/t16-,18-/m1/s1. The summed E-state index contributed by atoms with van der Waals surface area (Å²) < 4.78 is 5.98. The van der Waals surface area contributed by atoms with Crippen molar-refractivity contribution >= 4 is 5.91 Å². The minimum atomic E-state index is 0.0820. The summed E-state index contributed by atoms with van der Waals surface area (Å²) >= 11 is 0. The number of piperidine rings is 2. The van der Waals surface area contributed by atoms with Crippen molar-refractivity contribution in [1.29, 1.82) is 0 Å². The number of carbonyl (C=O) groups excluding carboxylic acids is 1. The van der Waals surface area contributed by atoms with E-state index in [4.69, 9.17) is 4.74 Å². The van der Waals surface area contributed by atoms with Crippen molar-refractivity contribution in [3.05, 3.63) is 18.2 Å². The van der Waals surface area contributed by atoms with E-state index in [0.717, 1.165) is 58.5 Å². The molecule has 2 atom stereocenters. The minimum absolute atomic E-state index is 0.0820. The van der Waals surface area contributed by atoms with Crippen LogP contribution in [0.5, 0.6) is 0 Å². The number of aromatic nitrogens is 2. The molecule has 2 N–H and O–H groups in total. The van der Waals surface area contributed by atoms with Crippen molar-refractivity contribution in [2.24, 2.45) is 11.8 Å². The van der Waals surface area contributed by atoms with Crippen molar-refractivity contribution in [2.45, 2.75) is 50.5 Å². The maximum Gasteiger partial charge on any atom is 0.228 e. The van der Waals surface area contributed by atoms with Gasteiger partial charge in [-0.15, -0.1) is 0 Å². The third-order valence-electron chi connectivity index (χ3n) is 6.32. The Balaban J connectivity index is 1.31. The number of hydrogen-bond donors (Lipinski definition) is 2. The zero-order valence-corrected chi connectivity index (χ0v) is 15.0. The average Bonchev–Trinajstić information content (AvgIpc) is 3.34. The molecule has 138 valence electrons. The molecule has 0 radical (unpaired) electrons. The van der Waals surface area contributed by atoms with Gasteiger partial charge in [-0.25, -0.2) is 4.98 Å². The number of imidazole rings is 1. The Kier molecular flexibility index (Phi) is 5.36. The maximum atomic E-state index is 13.1. The molecule has 0 unspecified atom stereocenters. The highest BCUT2D eigenvalue weighted by Crippen LogP contribution is 2.33. The first-order chi connectivity index (χ1) is 12.3. The van der Waals surface area contributed by atoms with Crippen LogP contribution < -0.4 is 5.32 Å². The van der Waals surface area contributed by atoms with Crippen LogP contribution in [0.4, 0.5) is 0 Å². The lowest BCUT2D eigenvalue weighted by Crippen LogP contribution is -2.44. The summed E-state index contributed by atoms with van der Waals surface area (Å²) in [5, 5.41) is 3.42. The third kappa shape index (κ3) is 3.90. The Bertz CT molecular complexity index is 548. The molecule has 6 heteroatoms. The van der Waals surface area contributed by atoms with Crippen molar-refractivity contribution in [2.75, 3.05) is 32.8 Å². The first-order valence-corrected chi connectivity index (χ1v) is 9.90. The average molecular weight is 346 g/mol. The van der Waals surface area contributed by atoms with Crippen LogP contribution in [-0.2, 0) is 9.53 Å². The van der Waals surface area contributed by atoms with Gasteiger partial charge in [-0.1, -0.05) is 0 Å². The van der Waals surface area contributed by atoms with Gasteiger partial charge in [0.15, 0.2) is 0 Å². The number of amides is 1. The summed E-state index contributed by atoms with van der Waals surface area (Å²) in [6.07, 6.45) is 10.3.